The molecule has 3 rings (SSSR count). The minimum atomic E-state index is -0.00877. The quantitative estimate of drug-likeness (QED) is 0.670. The summed E-state index contributed by atoms with van der Waals surface area (Å²) in [5, 5.41) is 0. The molecule has 0 spiro atoms. The van der Waals surface area contributed by atoms with E-state index in [1.54, 1.807) is 6.26 Å². The van der Waals surface area contributed by atoms with Crippen LogP contribution in [0, 0.1) is 0 Å². The van der Waals surface area contributed by atoms with E-state index < -0.39 is 0 Å². The fourth-order valence-electron chi connectivity index (χ4n) is 2.37. The molecule has 0 fully saturated rings. The van der Waals surface area contributed by atoms with Gasteiger partial charge in [0.15, 0.2) is 0 Å². The maximum atomic E-state index is 5.73. The highest BCUT2D eigenvalue weighted by atomic mass is 79.9. The van der Waals surface area contributed by atoms with Crippen LogP contribution in [0.1, 0.15) is 23.3 Å². The van der Waals surface area contributed by atoms with Gasteiger partial charge in [0.25, 0.3) is 0 Å². The van der Waals surface area contributed by atoms with Gasteiger partial charge in [0.05, 0.1) is 16.8 Å². The number of thioether (sulfide) groups is 1. The first-order chi connectivity index (χ1) is 8.81. The Hall–Kier alpha value is -0.750. The van der Waals surface area contributed by atoms with Crippen molar-refractivity contribution in [2.45, 2.75) is 16.9 Å². The third-order valence-corrected chi connectivity index (χ3v) is 5.11. The first-order valence-electron chi connectivity index (χ1n) is 5.72. The summed E-state index contributed by atoms with van der Waals surface area (Å²) in [4.78, 5) is 1.34. The second kappa shape index (κ2) is 5.09. The third-order valence-electron chi connectivity index (χ3n) is 3.25. The standard InChI is InChI=1S/C13H13BrN2OS/c14-10-5-6-17-13(10)12(16-15)9-7-18-11-4-2-1-3-8(9)11/h1-6,9,12,16H,7,15H2. The summed E-state index contributed by atoms with van der Waals surface area (Å²) in [5.74, 6) is 7.94. The zero-order valence-corrected chi connectivity index (χ0v) is 12.0. The number of fused-ring (bicyclic) bond motifs is 1. The number of hydrazine groups is 1. The van der Waals surface area contributed by atoms with Gasteiger partial charge in [0, 0.05) is 16.6 Å². The van der Waals surface area contributed by atoms with Crippen LogP contribution in [0.15, 0.2) is 50.4 Å². The second-order valence-electron chi connectivity index (χ2n) is 4.23. The van der Waals surface area contributed by atoms with Crippen molar-refractivity contribution in [3.63, 3.8) is 0 Å². The van der Waals surface area contributed by atoms with E-state index in [1.807, 2.05) is 17.8 Å². The highest BCUT2D eigenvalue weighted by molar-refractivity contribution is 9.10. The van der Waals surface area contributed by atoms with Gasteiger partial charge < -0.3 is 4.42 Å². The van der Waals surface area contributed by atoms with Crippen LogP contribution in [0.2, 0.25) is 0 Å². The summed E-state index contributed by atoms with van der Waals surface area (Å²) in [6.07, 6.45) is 1.68. The minimum absolute atomic E-state index is 0.00877. The summed E-state index contributed by atoms with van der Waals surface area (Å²) in [5.41, 5.74) is 4.23. The van der Waals surface area contributed by atoms with E-state index in [0.717, 1.165) is 16.0 Å². The number of nitrogens with one attached hydrogen (secondary N) is 1. The van der Waals surface area contributed by atoms with Gasteiger partial charge in [-0.1, -0.05) is 18.2 Å². The number of hydrogen-bond donors (Lipinski definition) is 2. The van der Waals surface area contributed by atoms with Crippen LogP contribution in [0.5, 0.6) is 0 Å². The molecule has 18 heavy (non-hydrogen) atoms. The Balaban J connectivity index is 1.98. The van der Waals surface area contributed by atoms with E-state index in [2.05, 4.69) is 45.6 Å². The fourth-order valence-corrected chi connectivity index (χ4v) is 4.11. The molecule has 2 aromatic rings. The minimum Gasteiger partial charge on any atom is -0.466 e. The number of nitrogens with two attached hydrogens (primary N) is 1. The summed E-state index contributed by atoms with van der Waals surface area (Å²) in [6.45, 7) is 0. The molecule has 2 heterocycles. The van der Waals surface area contributed by atoms with Crippen molar-refractivity contribution >= 4 is 27.7 Å². The molecule has 0 saturated carbocycles. The number of furan rings is 1. The maximum absolute atomic E-state index is 5.73. The van der Waals surface area contributed by atoms with Crippen molar-refractivity contribution in [2.75, 3.05) is 5.75 Å². The molecule has 1 aliphatic heterocycles. The number of hydrogen-bond acceptors (Lipinski definition) is 4. The topological polar surface area (TPSA) is 51.2 Å². The molecule has 5 heteroatoms. The van der Waals surface area contributed by atoms with Gasteiger partial charge in [-0.25, -0.2) is 5.43 Å². The Morgan fingerprint density at radius 2 is 2.22 bits per heavy atom. The van der Waals surface area contributed by atoms with Gasteiger partial charge in [-0.15, -0.1) is 11.8 Å². The Morgan fingerprint density at radius 3 is 2.94 bits per heavy atom. The Morgan fingerprint density at radius 1 is 1.39 bits per heavy atom. The zero-order valence-electron chi connectivity index (χ0n) is 9.60. The first kappa shape index (κ1) is 12.3. The van der Waals surface area contributed by atoms with Crippen LogP contribution in [0.25, 0.3) is 0 Å². The number of halogens is 1. The van der Waals surface area contributed by atoms with Crippen LogP contribution in [-0.2, 0) is 0 Å². The summed E-state index contributed by atoms with van der Waals surface area (Å²) >= 11 is 5.37. The van der Waals surface area contributed by atoms with Gasteiger partial charge in [-0.3, -0.25) is 5.84 Å². The Bertz CT molecular complexity index is 557. The number of rotatable bonds is 3. The molecule has 0 amide bonds. The molecule has 1 aromatic carbocycles. The van der Waals surface area contributed by atoms with Gasteiger partial charge in [0.2, 0.25) is 0 Å². The lowest BCUT2D eigenvalue weighted by molar-refractivity contribution is 0.382. The lowest BCUT2D eigenvalue weighted by Gasteiger charge is -2.21. The third kappa shape index (κ3) is 2.01. The summed E-state index contributed by atoms with van der Waals surface area (Å²) in [7, 11) is 0. The van der Waals surface area contributed by atoms with E-state index in [1.165, 1.54) is 10.5 Å². The molecule has 3 nitrogen and oxygen atoms in total. The van der Waals surface area contributed by atoms with Crippen LogP contribution in [-0.4, -0.2) is 5.75 Å². The highest BCUT2D eigenvalue weighted by Gasteiger charge is 2.33. The van der Waals surface area contributed by atoms with Crippen LogP contribution < -0.4 is 11.3 Å². The predicted molar refractivity (Wildman–Crippen MR) is 76.4 cm³/mol. The molecular weight excluding hydrogens is 312 g/mol. The van der Waals surface area contributed by atoms with Crippen molar-refractivity contribution in [3.8, 4) is 0 Å². The number of benzene rings is 1. The predicted octanol–water partition coefficient (Wildman–Crippen LogP) is 3.44. The zero-order chi connectivity index (χ0) is 12.5. The molecule has 3 N–H and O–H groups in total. The van der Waals surface area contributed by atoms with Crippen molar-refractivity contribution in [3.05, 3.63) is 52.4 Å². The van der Waals surface area contributed by atoms with Gasteiger partial charge in [-0.2, -0.15) is 0 Å². The summed E-state index contributed by atoms with van der Waals surface area (Å²) < 4.78 is 6.50. The maximum Gasteiger partial charge on any atom is 0.136 e. The molecule has 0 aliphatic carbocycles. The fraction of sp³-hybridized carbons (Fsp3) is 0.231. The van der Waals surface area contributed by atoms with Crippen LogP contribution >= 0.6 is 27.7 Å². The van der Waals surface area contributed by atoms with Crippen molar-refractivity contribution in [1.29, 1.82) is 0 Å². The first-order valence-corrected chi connectivity index (χ1v) is 7.50. The smallest absolute Gasteiger partial charge is 0.136 e. The Labute approximate surface area is 118 Å². The molecule has 2 unspecified atom stereocenters. The van der Waals surface area contributed by atoms with Crippen molar-refractivity contribution < 1.29 is 4.42 Å². The largest absolute Gasteiger partial charge is 0.466 e. The van der Waals surface area contributed by atoms with Crippen LogP contribution in [0.3, 0.4) is 0 Å². The molecular formula is C13H13BrN2OS. The van der Waals surface area contributed by atoms with Gasteiger partial charge >= 0.3 is 0 Å². The van der Waals surface area contributed by atoms with Crippen molar-refractivity contribution in [2.24, 2.45) is 5.84 Å². The lowest BCUT2D eigenvalue weighted by Crippen LogP contribution is -2.32. The second-order valence-corrected chi connectivity index (χ2v) is 6.15. The lowest BCUT2D eigenvalue weighted by atomic mass is 9.92. The highest BCUT2D eigenvalue weighted by Crippen LogP contribution is 2.46. The average molecular weight is 325 g/mol. The molecule has 1 aliphatic rings. The molecule has 0 saturated heterocycles. The summed E-state index contributed by atoms with van der Waals surface area (Å²) in [6, 6.07) is 10.4. The average Bonchev–Trinajstić information content (AvgIpc) is 2.99. The molecule has 2 atom stereocenters. The van der Waals surface area contributed by atoms with Crippen molar-refractivity contribution in [1.82, 2.24) is 5.43 Å². The Kier molecular flexibility index (Phi) is 3.48. The van der Waals surface area contributed by atoms with E-state index in [4.69, 9.17) is 10.3 Å². The SMILES string of the molecule is NNC(c1occc1Br)C1CSc2ccccc21. The van der Waals surface area contributed by atoms with E-state index in [0.29, 0.717) is 5.92 Å². The van der Waals surface area contributed by atoms with E-state index in [9.17, 15) is 0 Å². The molecule has 94 valence electrons. The molecule has 0 bridgehead atoms. The van der Waals surface area contributed by atoms with E-state index in [-0.39, 0.29) is 6.04 Å². The molecule has 0 radical (unpaired) electrons. The van der Waals surface area contributed by atoms with Gasteiger partial charge in [-0.05, 0) is 33.6 Å². The normalized spacial score (nSPS) is 19.8. The van der Waals surface area contributed by atoms with E-state index >= 15 is 0 Å². The monoisotopic (exact) mass is 324 g/mol. The van der Waals surface area contributed by atoms with Gasteiger partial charge in [0.1, 0.15) is 5.76 Å². The van der Waals surface area contributed by atoms with Crippen LogP contribution in [0.4, 0.5) is 0 Å². The molecule has 1 aromatic heterocycles.